The number of hydrogen-bond donors (Lipinski definition) is 1. The first-order chi connectivity index (χ1) is 18.8. The Kier molecular flexibility index (Phi) is 8.46. The van der Waals surface area contributed by atoms with Crippen molar-refractivity contribution in [1.29, 1.82) is 0 Å². The molecule has 1 aliphatic heterocycles. The zero-order valence-corrected chi connectivity index (χ0v) is 23.1. The summed E-state index contributed by atoms with van der Waals surface area (Å²) in [4.78, 5) is 50.9. The second kappa shape index (κ2) is 11.7. The van der Waals surface area contributed by atoms with E-state index in [1.807, 2.05) is 63.2 Å². The number of anilines is 1. The van der Waals surface area contributed by atoms with E-state index in [0.717, 1.165) is 16.3 Å². The number of halogens is 1. The Morgan fingerprint density at radius 1 is 1.02 bits per heavy atom. The summed E-state index contributed by atoms with van der Waals surface area (Å²) < 4.78 is 6.44. The fourth-order valence-corrected chi connectivity index (χ4v) is 5.02. The lowest BCUT2D eigenvalue weighted by molar-refractivity contribution is -0.317. The molecular weight excluding hydrogens is 536 g/mol. The maximum Gasteiger partial charge on any atom is 0.256 e. The Morgan fingerprint density at radius 3 is 2.40 bits per heavy atom. The molecule has 0 aromatic heterocycles. The lowest BCUT2D eigenvalue weighted by Crippen LogP contribution is -2.52. The molecule has 1 heterocycles. The molecule has 1 N–H and O–H groups in total. The van der Waals surface area contributed by atoms with Crippen LogP contribution in [0.25, 0.3) is 10.8 Å². The van der Waals surface area contributed by atoms with E-state index in [0.29, 0.717) is 16.3 Å². The number of carboxylic acid groups (broad SMARTS) is 2. The lowest BCUT2D eigenvalue weighted by Gasteiger charge is -2.31. The highest BCUT2D eigenvalue weighted by Gasteiger charge is 2.39. The van der Waals surface area contributed by atoms with Crippen LogP contribution in [0.4, 0.5) is 5.69 Å². The Labute approximate surface area is 236 Å². The predicted octanol–water partition coefficient (Wildman–Crippen LogP) is 2.13. The second-order valence-corrected chi connectivity index (χ2v) is 11.4. The van der Waals surface area contributed by atoms with Crippen LogP contribution in [-0.4, -0.2) is 42.4 Å². The number of aliphatic carboxylic acids is 2. The van der Waals surface area contributed by atoms with Gasteiger partial charge in [-0.2, -0.15) is 0 Å². The summed E-state index contributed by atoms with van der Waals surface area (Å²) in [6.45, 7) is 6.19. The van der Waals surface area contributed by atoms with Crippen molar-refractivity contribution < 1.29 is 34.1 Å². The van der Waals surface area contributed by atoms with Crippen LogP contribution >= 0.6 is 11.6 Å². The molecule has 0 spiro atoms. The normalized spacial score (nSPS) is 18.1. The van der Waals surface area contributed by atoms with Gasteiger partial charge in [0.05, 0.1) is 18.4 Å². The fourth-order valence-electron chi connectivity index (χ4n) is 4.84. The first-order valence-electron chi connectivity index (χ1n) is 12.8. The lowest BCUT2D eigenvalue weighted by atomic mass is 9.93. The molecule has 0 fully saturated rings. The summed E-state index contributed by atoms with van der Waals surface area (Å²) in [5, 5.41) is 26.8. The number of amides is 2. The van der Waals surface area contributed by atoms with Gasteiger partial charge in [-0.15, -0.1) is 0 Å². The molecule has 10 heteroatoms. The number of ether oxygens (including phenoxy) is 1. The van der Waals surface area contributed by atoms with E-state index in [1.54, 1.807) is 23.1 Å². The van der Waals surface area contributed by atoms with E-state index in [9.17, 15) is 29.4 Å². The van der Waals surface area contributed by atoms with Gasteiger partial charge >= 0.3 is 0 Å². The maximum absolute atomic E-state index is 14.0. The highest BCUT2D eigenvalue weighted by atomic mass is 35.5. The van der Waals surface area contributed by atoms with Crippen molar-refractivity contribution in [3.05, 3.63) is 76.8 Å². The number of rotatable bonds is 8. The van der Waals surface area contributed by atoms with Gasteiger partial charge in [-0.05, 0) is 39.9 Å². The molecule has 9 nitrogen and oxygen atoms in total. The Bertz CT molecular complexity index is 1460. The van der Waals surface area contributed by atoms with Crippen molar-refractivity contribution in [3.8, 4) is 0 Å². The Hall–Kier alpha value is -3.95. The molecule has 3 atom stereocenters. The van der Waals surface area contributed by atoms with Gasteiger partial charge in [0.15, 0.2) is 0 Å². The summed E-state index contributed by atoms with van der Waals surface area (Å²) in [5.41, 5.74) is 1.62. The van der Waals surface area contributed by atoms with Crippen LogP contribution < -0.4 is 20.4 Å². The minimum Gasteiger partial charge on any atom is -0.550 e. The van der Waals surface area contributed by atoms with Crippen molar-refractivity contribution in [1.82, 2.24) is 5.32 Å². The molecular formula is C30H29ClN2O7-2. The van der Waals surface area contributed by atoms with Gasteiger partial charge in [-0.1, -0.05) is 74.8 Å². The van der Waals surface area contributed by atoms with Crippen LogP contribution in [-0.2, 0) is 23.9 Å². The van der Waals surface area contributed by atoms with Crippen molar-refractivity contribution in [2.24, 2.45) is 5.41 Å². The van der Waals surface area contributed by atoms with Crippen LogP contribution in [0.3, 0.4) is 0 Å². The summed E-state index contributed by atoms with van der Waals surface area (Å²) >= 11 is 6.43. The summed E-state index contributed by atoms with van der Waals surface area (Å²) in [6, 6.07) is 16.7. The number of nitrogens with one attached hydrogen (secondary N) is 1. The molecule has 40 heavy (non-hydrogen) atoms. The monoisotopic (exact) mass is 564 g/mol. The molecule has 0 bridgehead atoms. The van der Waals surface area contributed by atoms with Gasteiger partial charge in [0, 0.05) is 35.2 Å². The quantitative estimate of drug-likeness (QED) is 0.442. The fraction of sp³-hybridized carbons (Fsp3) is 0.333. The highest BCUT2D eigenvalue weighted by molar-refractivity contribution is 6.30. The van der Waals surface area contributed by atoms with E-state index in [2.05, 4.69) is 5.32 Å². The number of benzene rings is 3. The molecule has 0 radical (unpaired) electrons. The van der Waals surface area contributed by atoms with Gasteiger partial charge in [0.25, 0.3) is 5.91 Å². The second-order valence-electron chi connectivity index (χ2n) is 11.0. The summed E-state index contributed by atoms with van der Waals surface area (Å²) in [5.74, 6) is -4.84. The highest BCUT2D eigenvalue weighted by Crippen LogP contribution is 2.42. The molecule has 3 unspecified atom stereocenters. The van der Waals surface area contributed by atoms with Gasteiger partial charge in [0.1, 0.15) is 12.2 Å². The molecule has 3 aromatic carbocycles. The first kappa shape index (κ1) is 29.0. The predicted molar refractivity (Wildman–Crippen MR) is 145 cm³/mol. The minimum atomic E-state index is -1.83. The summed E-state index contributed by atoms with van der Waals surface area (Å²) in [6.07, 6.45) is -3.68. The Morgan fingerprint density at radius 2 is 1.73 bits per heavy atom. The molecule has 0 aliphatic carbocycles. The first-order valence-corrected chi connectivity index (χ1v) is 13.2. The van der Waals surface area contributed by atoms with Crippen LogP contribution in [0.15, 0.2) is 60.7 Å². The van der Waals surface area contributed by atoms with Crippen molar-refractivity contribution in [2.45, 2.75) is 51.9 Å². The number of hydrogen-bond acceptors (Lipinski definition) is 7. The SMILES string of the molecule is CC(C)(C)CN1C(=O)C(CC(=O)NC(CC(=O)[O-])C(=O)[O-])OC(c2cccc3ccccc23)c2cc(Cl)ccc21. The minimum absolute atomic E-state index is 0.288. The van der Waals surface area contributed by atoms with E-state index < -0.39 is 54.8 Å². The molecule has 2 amide bonds. The van der Waals surface area contributed by atoms with Crippen molar-refractivity contribution >= 4 is 51.8 Å². The van der Waals surface area contributed by atoms with Crippen LogP contribution in [0, 0.1) is 5.41 Å². The maximum atomic E-state index is 14.0. The average molecular weight is 565 g/mol. The third-order valence-electron chi connectivity index (χ3n) is 6.50. The van der Waals surface area contributed by atoms with E-state index in [4.69, 9.17) is 16.3 Å². The number of nitrogens with zero attached hydrogens (tertiary/aromatic N) is 1. The number of carbonyl (C=O) groups excluding carboxylic acids is 4. The van der Waals surface area contributed by atoms with Gasteiger partial charge in [-0.25, -0.2) is 0 Å². The smallest absolute Gasteiger partial charge is 0.256 e. The standard InChI is InChI=1S/C30H31ClN2O7/c1-30(2,3)16-33-23-12-11-18(31)13-21(23)27(20-10-6-8-17-7-4-5-9-19(17)20)40-24(28(33)37)15-25(34)32-22(29(38)39)14-26(35)36/h4-13,22,24,27H,14-16H2,1-3H3,(H,32,34)(H,35,36)(H,38,39)/p-2. The zero-order chi connectivity index (χ0) is 29.2. The average Bonchev–Trinajstić information content (AvgIpc) is 2.97. The van der Waals surface area contributed by atoms with Crippen molar-refractivity contribution in [2.75, 3.05) is 11.4 Å². The third-order valence-corrected chi connectivity index (χ3v) is 6.74. The van der Waals surface area contributed by atoms with E-state index in [-0.39, 0.29) is 12.0 Å². The van der Waals surface area contributed by atoms with E-state index >= 15 is 0 Å². The zero-order valence-electron chi connectivity index (χ0n) is 22.3. The molecule has 210 valence electrons. The van der Waals surface area contributed by atoms with Gasteiger partial charge in [-0.3, -0.25) is 9.59 Å². The molecule has 0 saturated carbocycles. The van der Waals surface area contributed by atoms with Crippen LogP contribution in [0.2, 0.25) is 5.02 Å². The van der Waals surface area contributed by atoms with Crippen LogP contribution in [0.1, 0.15) is 50.8 Å². The molecule has 0 saturated heterocycles. The molecule has 4 rings (SSSR count). The number of fused-ring (bicyclic) bond motifs is 2. The van der Waals surface area contributed by atoms with Crippen molar-refractivity contribution in [3.63, 3.8) is 0 Å². The van der Waals surface area contributed by atoms with E-state index in [1.165, 1.54) is 0 Å². The number of carboxylic acids is 2. The van der Waals surface area contributed by atoms with Crippen LogP contribution in [0.5, 0.6) is 0 Å². The largest absolute Gasteiger partial charge is 0.550 e. The molecule has 3 aromatic rings. The van der Waals surface area contributed by atoms with Gasteiger partial charge < -0.3 is 34.8 Å². The summed E-state index contributed by atoms with van der Waals surface area (Å²) in [7, 11) is 0. The third kappa shape index (κ3) is 6.60. The topological polar surface area (TPSA) is 139 Å². The number of carbonyl (C=O) groups is 4. The Balaban J connectivity index is 1.81. The molecule has 1 aliphatic rings. The van der Waals surface area contributed by atoms with Gasteiger partial charge in [0.2, 0.25) is 5.91 Å².